The summed E-state index contributed by atoms with van der Waals surface area (Å²) in [5.74, 6) is -9.06. The molecule has 0 aliphatic rings. The number of anilines is 5. The highest BCUT2D eigenvalue weighted by atomic mass is 35.5. The lowest BCUT2D eigenvalue weighted by molar-refractivity contribution is -0.135. The molecule has 0 aliphatic carbocycles. The Hall–Kier alpha value is -8.07. The van der Waals surface area contributed by atoms with E-state index < -0.39 is 58.0 Å². The largest absolute Gasteiger partial charge is 0.506 e. The molecule has 4 aromatic carbocycles. The van der Waals surface area contributed by atoms with Crippen LogP contribution in [0.1, 0.15) is 54.3 Å². The smallest absolute Gasteiger partial charge is 0.335 e. The lowest BCUT2D eigenvalue weighted by atomic mass is 10.1. The fourth-order valence-corrected chi connectivity index (χ4v) is 6.12. The zero-order valence-corrected chi connectivity index (χ0v) is 34.8. The first-order chi connectivity index (χ1) is 30.6. The van der Waals surface area contributed by atoms with E-state index in [1.807, 2.05) is 0 Å². The zero-order chi connectivity index (χ0) is 47.6. The maximum absolute atomic E-state index is 11.6. The van der Waals surface area contributed by atoms with Crippen LogP contribution in [-0.4, -0.2) is 107 Å². The Morgan fingerprint density at radius 3 is 1.51 bits per heavy atom. The van der Waals surface area contributed by atoms with Crippen LogP contribution < -0.4 is 20.7 Å². The number of aromatic carboxylic acids is 4. The summed E-state index contributed by atoms with van der Waals surface area (Å²) in [6.07, 6.45) is 0.0984. The van der Waals surface area contributed by atoms with Crippen LogP contribution in [0.4, 0.5) is 52.0 Å². The number of aromatic hydroxyl groups is 1. The van der Waals surface area contributed by atoms with Gasteiger partial charge in [-0.25, -0.2) is 19.2 Å². The van der Waals surface area contributed by atoms with Crippen LogP contribution in [0.3, 0.4) is 0 Å². The number of nitrogens with one attached hydrogen (secondary N) is 3. The van der Waals surface area contributed by atoms with Gasteiger partial charge >= 0.3 is 29.8 Å². The van der Waals surface area contributed by atoms with E-state index in [0.717, 1.165) is 42.5 Å². The number of unbranched alkanes of at least 4 members (excludes halogenated alkanes) is 1. The minimum absolute atomic E-state index is 0.0102. The van der Waals surface area contributed by atoms with Crippen molar-refractivity contribution in [2.24, 2.45) is 20.5 Å². The Morgan fingerprint density at radius 1 is 0.600 bits per heavy atom. The highest BCUT2D eigenvalue weighted by molar-refractivity contribution is 7.85. The standard InChI is InChI=1S/C37H30Cl2N10O15S/c38-22-11-26(28(50)13-24(22)48-46-20-7-16(31(53)54)5-17(8-20)32(55)56)41-36-43-35(40-15-30(51)52)44-37(45-36)42-27-12-23(39)25(14-29(27)64-3-1-2-4-65(61,62)63)49-47-21-9-18(33(57)58)6-19(10-21)34(59)60/h5-14,50H,1-4,15H2,(H,51,52)(H,53,54)(H,55,56)(H,57,58)(H,59,60)(H,61,62,63)(H3,40,41,42,43,44,45). The average molecular weight is 958 g/mol. The van der Waals surface area contributed by atoms with E-state index in [4.69, 9.17) is 32.5 Å². The fraction of sp³-hybridized carbons (Fsp3) is 0.135. The quantitative estimate of drug-likeness (QED) is 0.0147. The van der Waals surface area contributed by atoms with Crippen molar-refractivity contribution < 1.29 is 72.3 Å². The molecule has 0 bridgehead atoms. The molecular weight excluding hydrogens is 927 g/mol. The Balaban J connectivity index is 1.48. The first kappa shape index (κ1) is 48.0. The molecule has 28 heteroatoms. The topological polar surface area (TPSA) is 395 Å². The van der Waals surface area contributed by atoms with Crippen LogP contribution >= 0.6 is 23.2 Å². The van der Waals surface area contributed by atoms with E-state index in [1.165, 1.54) is 18.2 Å². The maximum Gasteiger partial charge on any atom is 0.335 e. The predicted molar refractivity (Wildman–Crippen MR) is 227 cm³/mol. The number of phenolic OH excluding ortho intramolecular Hbond substituents is 1. The first-order valence-electron chi connectivity index (χ1n) is 17.9. The molecule has 0 atom stereocenters. The number of carboxylic acid groups (broad SMARTS) is 5. The van der Waals surface area contributed by atoms with Crippen LogP contribution in [0.5, 0.6) is 11.5 Å². The van der Waals surface area contributed by atoms with Gasteiger partial charge in [-0.1, -0.05) is 23.2 Å². The van der Waals surface area contributed by atoms with Crippen molar-refractivity contribution in [1.82, 2.24) is 15.0 Å². The van der Waals surface area contributed by atoms with Gasteiger partial charge in [-0.15, -0.1) is 10.2 Å². The first-order valence-corrected chi connectivity index (χ1v) is 20.3. The molecule has 0 saturated heterocycles. The molecule has 0 aliphatic heterocycles. The second-order valence-electron chi connectivity index (χ2n) is 12.9. The van der Waals surface area contributed by atoms with Crippen molar-refractivity contribution in [2.45, 2.75) is 12.8 Å². The van der Waals surface area contributed by atoms with Crippen LogP contribution in [0.15, 0.2) is 81.1 Å². The van der Waals surface area contributed by atoms with Crippen molar-refractivity contribution in [2.75, 3.05) is 34.9 Å². The molecule has 25 nitrogen and oxygen atoms in total. The summed E-state index contributed by atoms with van der Waals surface area (Å²) in [5, 5.41) is 81.2. The Bertz CT molecular complexity index is 2840. The van der Waals surface area contributed by atoms with Crippen LogP contribution in [0.2, 0.25) is 10.0 Å². The molecule has 0 amide bonds. The van der Waals surface area contributed by atoms with Crippen molar-refractivity contribution in [1.29, 1.82) is 0 Å². The number of hydrogen-bond acceptors (Lipinski definition) is 19. The fourth-order valence-electron chi connectivity index (χ4n) is 5.15. The number of carboxylic acids is 5. The molecule has 5 aromatic rings. The van der Waals surface area contributed by atoms with Gasteiger partial charge in [0.25, 0.3) is 10.1 Å². The van der Waals surface area contributed by atoms with Gasteiger partial charge in [0.2, 0.25) is 17.8 Å². The summed E-state index contributed by atoms with van der Waals surface area (Å²) in [6.45, 7) is -0.816. The maximum atomic E-state index is 11.6. The third-order valence-corrected chi connectivity index (χ3v) is 9.47. The molecule has 0 saturated carbocycles. The number of ether oxygens (including phenoxy) is 1. The molecule has 338 valence electrons. The molecule has 65 heavy (non-hydrogen) atoms. The van der Waals surface area contributed by atoms with Crippen molar-refractivity contribution >= 4 is 115 Å². The van der Waals surface area contributed by atoms with Gasteiger partial charge in [0.15, 0.2) is 0 Å². The minimum Gasteiger partial charge on any atom is -0.506 e. The van der Waals surface area contributed by atoms with Gasteiger partial charge in [0.05, 0.1) is 67.4 Å². The number of azo groups is 2. The summed E-state index contributed by atoms with van der Waals surface area (Å²) in [4.78, 5) is 70.1. The van der Waals surface area contributed by atoms with E-state index >= 15 is 0 Å². The molecule has 0 fully saturated rings. The van der Waals surface area contributed by atoms with Gasteiger partial charge in [-0.05, 0) is 61.4 Å². The minimum atomic E-state index is -4.27. The second-order valence-corrected chi connectivity index (χ2v) is 15.3. The Labute approximate surface area is 373 Å². The lowest BCUT2D eigenvalue weighted by Gasteiger charge is -2.16. The zero-order valence-electron chi connectivity index (χ0n) is 32.5. The predicted octanol–water partition coefficient (Wildman–Crippen LogP) is 7.54. The number of hydrogen-bond donors (Lipinski definition) is 10. The summed E-state index contributed by atoms with van der Waals surface area (Å²) >= 11 is 13.0. The summed E-state index contributed by atoms with van der Waals surface area (Å²) in [5.41, 5.74) is -2.18. The number of carbonyl (C=O) groups is 5. The normalized spacial score (nSPS) is 11.4. The lowest BCUT2D eigenvalue weighted by Crippen LogP contribution is -2.16. The third-order valence-electron chi connectivity index (χ3n) is 8.06. The molecule has 10 N–H and O–H groups in total. The van der Waals surface area contributed by atoms with E-state index in [2.05, 4.69) is 51.4 Å². The molecule has 1 heterocycles. The highest BCUT2D eigenvalue weighted by Crippen LogP contribution is 2.40. The van der Waals surface area contributed by atoms with Gasteiger partial charge in [-0.3, -0.25) is 9.35 Å². The number of aliphatic carboxylic acids is 1. The summed E-state index contributed by atoms with van der Waals surface area (Å²) in [7, 11) is -4.27. The number of halogens is 2. The number of aromatic nitrogens is 3. The highest BCUT2D eigenvalue weighted by Gasteiger charge is 2.18. The number of benzene rings is 4. The Morgan fingerprint density at radius 2 is 1.05 bits per heavy atom. The number of nitrogens with zero attached hydrogens (tertiary/aromatic N) is 7. The van der Waals surface area contributed by atoms with Crippen LogP contribution in [0, 0.1) is 0 Å². The molecule has 0 unspecified atom stereocenters. The van der Waals surface area contributed by atoms with Crippen molar-refractivity contribution in [3.8, 4) is 11.5 Å². The van der Waals surface area contributed by atoms with Gasteiger partial charge in [0, 0.05) is 12.1 Å². The van der Waals surface area contributed by atoms with Crippen LogP contribution in [0.25, 0.3) is 0 Å². The molecule has 5 rings (SSSR count). The molecule has 1 aromatic heterocycles. The molecule has 0 radical (unpaired) electrons. The van der Waals surface area contributed by atoms with E-state index in [1.54, 1.807) is 0 Å². The molecular formula is C37H30Cl2N10O15S. The van der Waals surface area contributed by atoms with Crippen LogP contribution in [-0.2, 0) is 14.9 Å². The third kappa shape index (κ3) is 14.0. The monoisotopic (exact) mass is 956 g/mol. The average Bonchev–Trinajstić information content (AvgIpc) is 3.23. The van der Waals surface area contributed by atoms with Crippen molar-refractivity contribution in [3.63, 3.8) is 0 Å². The van der Waals surface area contributed by atoms with Gasteiger partial charge in [0.1, 0.15) is 29.4 Å². The molecule has 0 spiro atoms. The van der Waals surface area contributed by atoms with Gasteiger partial charge < -0.3 is 51.3 Å². The van der Waals surface area contributed by atoms with Crippen molar-refractivity contribution in [3.05, 3.63) is 93.0 Å². The van der Waals surface area contributed by atoms with E-state index in [-0.39, 0.29) is 109 Å². The Kier molecular flexibility index (Phi) is 15.4. The van der Waals surface area contributed by atoms with Gasteiger partial charge in [-0.2, -0.15) is 33.6 Å². The SMILES string of the molecule is O=C(O)CNc1nc(Nc2cc(Cl)c(N=Nc3cc(C(=O)O)cc(C(=O)O)c3)cc2O)nc(Nc2cc(Cl)c(N=Nc3cc(C(=O)O)cc(C(=O)O)c3)cc2OCCCCS(=O)(=O)O)n1. The van der Waals surface area contributed by atoms with E-state index in [0.29, 0.717) is 0 Å². The second kappa shape index (κ2) is 20.9. The number of phenols is 1. The summed E-state index contributed by atoms with van der Waals surface area (Å²) in [6, 6.07) is 10.8. The summed E-state index contributed by atoms with van der Waals surface area (Å²) < 4.78 is 37.4. The number of rotatable bonds is 21. The van der Waals surface area contributed by atoms with E-state index in [9.17, 15) is 63.0 Å².